The predicted octanol–water partition coefficient (Wildman–Crippen LogP) is 2.79. The van der Waals surface area contributed by atoms with Crippen LogP contribution in [0.3, 0.4) is 0 Å². The number of aryl methyl sites for hydroxylation is 3. The third kappa shape index (κ3) is 2.64. The second-order valence-electron chi connectivity index (χ2n) is 4.23. The van der Waals surface area contributed by atoms with Crippen LogP contribution in [-0.4, -0.2) is 9.78 Å². The molecule has 0 aliphatic carbocycles. The van der Waals surface area contributed by atoms with Gasteiger partial charge in [-0.25, -0.2) is 4.39 Å². The third-order valence-corrected chi connectivity index (χ3v) is 2.77. The Balaban J connectivity index is 2.07. The molecule has 0 aliphatic rings. The molecule has 0 atom stereocenters. The van der Waals surface area contributed by atoms with Crippen molar-refractivity contribution in [3.05, 3.63) is 47.0 Å². The van der Waals surface area contributed by atoms with Crippen LogP contribution < -0.4 is 5.32 Å². The van der Waals surface area contributed by atoms with Crippen LogP contribution >= 0.6 is 0 Å². The highest BCUT2D eigenvalue weighted by molar-refractivity contribution is 5.45. The van der Waals surface area contributed by atoms with Gasteiger partial charge in [0.15, 0.2) is 0 Å². The van der Waals surface area contributed by atoms with E-state index < -0.39 is 0 Å². The van der Waals surface area contributed by atoms with Gasteiger partial charge < -0.3 is 5.32 Å². The summed E-state index contributed by atoms with van der Waals surface area (Å²) in [7, 11) is 1.89. The van der Waals surface area contributed by atoms with Crippen LogP contribution in [0.2, 0.25) is 0 Å². The number of rotatable bonds is 3. The normalized spacial score (nSPS) is 10.6. The quantitative estimate of drug-likeness (QED) is 0.883. The molecule has 2 rings (SSSR count). The van der Waals surface area contributed by atoms with Crippen LogP contribution in [0.15, 0.2) is 24.4 Å². The van der Waals surface area contributed by atoms with Crippen molar-refractivity contribution in [2.24, 2.45) is 7.05 Å². The number of anilines is 1. The van der Waals surface area contributed by atoms with E-state index in [1.807, 2.05) is 26.2 Å². The fourth-order valence-corrected chi connectivity index (χ4v) is 1.72. The van der Waals surface area contributed by atoms with Crippen molar-refractivity contribution in [2.45, 2.75) is 20.4 Å². The molecule has 90 valence electrons. The van der Waals surface area contributed by atoms with E-state index in [9.17, 15) is 4.39 Å². The van der Waals surface area contributed by atoms with Gasteiger partial charge in [0.05, 0.1) is 5.69 Å². The smallest absolute Gasteiger partial charge is 0.128 e. The van der Waals surface area contributed by atoms with Gasteiger partial charge in [-0.15, -0.1) is 0 Å². The minimum Gasteiger partial charge on any atom is -0.381 e. The van der Waals surface area contributed by atoms with Crippen LogP contribution in [0.25, 0.3) is 0 Å². The topological polar surface area (TPSA) is 29.9 Å². The van der Waals surface area contributed by atoms with E-state index in [-0.39, 0.29) is 5.82 Å². The number of hydrogen-bond acceptors (Lipinski definition) is 2. The van der Waals surface area contributed by atoms with Gasteiger partial charge in [-0.05, 0) is 31.5 Å². The number of halogens is 1. The minimum atomic E-state index is -0.182. The zero-order chi connectivity index (χ0) is 12.4. The molecule has 0 bridgehead atoms. The number of nitrogens with zero attached hydrogens (tertiary/aromatic N) is 2. The van der Waals surface area contributed by atoms with E-state index in [1.165, 1.54) is 6.07 Å². The van der Waals surface area contributed by atoms with E-state index >= 15 is 0 Å². The van der Waals surface area contributed by atoms with Crippen LogP contribution in [0.5, 0.6) is 0 Å². The first-order valence-corrected chi connectivity index (χ1v) is 5.55. The Morgan fingerprint density at radius 2 is 2.12 bits per heavy atom. The van der Waals surface area contributed by atoms with Crippen LogP contribution in [-0.2, 0) is 13.6 Å². The zero-order valence-corrected chi connectivity index (χ0v) is 10.3. The van der Waals surface area contributed by atoms with E-state index in [1.54, 1.807) is 17.7 Å². The number of hydrogen-bond donors (Lipinski definition) is 1. The highest BCUT2D eigenvalue weighted by Gasteiger charge is 2.03. The Kier molecular flexibility index (Phi) is 3.13. The fraction of sp³-hybridized carbons (Fsp3) is 0.308. The summed E-state index contributed by atoms with van der Waals surface area (Å²) in [6.45, 7) is 4.37. The van der Waals surface area contributed by atoms with Crippen molar-refractivity contribution in [2.75, 3.05) is 5.32 Å². The lowest BCUT2D eigenvalue weighted by Gasteiger charge is -2.06. The average molecular weight is 233 g/mol. The van der Waals surface area contributed by atoms with Crippen molar-refractivity contribution >= 4 is 5.69 Å². The Morgan fingerprint density at radius 1 is 1.35 bits per heavy atom. The van der Waals surface area contributed by atoms with Crippen LogP contribution in [0.1, 0.15) is 16.8 Å². The van der Waals surface area contributed by atoms with Gasteiger partial charge in [0, 0.05) is 31.0 Å². The van der Waals surface area contributed by atoms with Gasteiger partial charge >= 0.3 is 0 Å². The fourth-order valence-electron chi connectivity index (χ4n) is 1.72. The van der Waals surface area contributed by atoms with Crippen molar-refractivity contribution in [1.29, 1.82) is 0 Å². The average Bonchev–Trinajstić information content (AvgIpc) is 2.59. The standard InChI is InChI=1S/C13H16FN3/c1-9-4-5-12(6-13(9)14)15-7-11-8-17(3)16-10(11)2/h4-6,8,15H,7H2,1-3H3. The lowest BCUT2D eigenvalue weighted by molar-refractivity contribution is 0.619. The van der Waals surface area contributed by atoms with E-state index in [4.69, 9.17) is 0 Å². The van der Waals surface area contributed by atoms with Gasteiger partial charge in [-0.2, -0.15) is 5.10 Å². The minimum absolute atomic E-state index is 0.182. The predicted molar refractivity (Wildman–Crippen MR) is 66.4 cm³/mol. The summed E-state index contributed by atoms with van der Waals surface area (Å²) in [5.41, 5.74) is 3.56. The van der Waals surface area contributed by atoms with Gasteiger partial charge in [0.1, 0.15) is 5.82 Å². The summed E-state index contributed by atoms with van der Waals surface area (Å²) in [6.07, 6.45) is 1.97. The second kappa shape index (κ2) is 4.57. The molecule has 2 aromatic rings. The van der Waals surface area contributed by atoms with Crippen molar-refractivity contribution in [3.63, 3.8) is 0 Å². The van der Waals surface area contributed by atoms with Gasteiger partial charge in [0.25, 0.3) is 0 Å². The molecule has 17 heavy (non-hydrogen) atoms. The van der Waals surface area contributed by atoms with E-state index in [2.05, 4.69) is 10.4 Å². The number of nitrogens with one attached hydrogen (secondary N) is 1. The van der Waals surface area contributed by atoms with E-state index in [0.717, 1.165) is 16.9 Å². The molecule has 0 saturated heterocycles. The summed E-state index contributed by atoms with van der Waals surface area (Å²) in [5.74, 6) is -0.182. The maximum Gasteiger partial charge on any atom is 0.128 e. The second-order valence-corrected chi connectivity index (χ2v) is 4.23. The van der Waals surface area contributed by atoms with Crippen molar-refractivity contribution in [1.82, 2.24) is 9.78 Å². The van der Waals surface area contributed by atoms with Crippen LogP contribution in [0, 0.1) is 19.7 Å². The molecule has 0 radical (unpaired) electrons. The molecule has 0 aliphatic heterocycles. The maximum absolute atomic E-state index is 13.3. The summed E-state index contributed by atoms with van der Waals surface area (Å²) in [6, 6.07) is 5.17. The monoisotopic (exact) mass is 233 g/mol. The lowest BCUT2D eigenvalue weighted by Crippen LogP contribution is -2.00. The molecule has 1 heterocycles. The van der Waals surface area contributed by atoms with E-state index in [0.29, 0.717) is 12.1 Å². The summed E-state index contributed by atoms with van der Waals surface area (Å²) < 4.78 is 15.1. The summed E-state index contributed by atoms with van der Waals surface area (Å²) in [4.78, 5) is 0. The first kappa shape index (κ1) is 11.6. The van der Waals surface area contributed by atoms with Crippen molar-refractivity contribution < 1.29 is 4.39 Å². The Hall–Kier alpha value is -1.84. The molecule has 4 heteroatoms. The largest absolute Gasteiger partial charge is 0.381 e. The molecular weight excluding hydrogens is 217 g/mol. The molecule has 1 N–H and O–H groups in total. The Labute approximate surface area is 100 Å². The van der Waals surface area contributed by atoms with Gasteiger partial charge in [0.2, 0.25) is 0 Å². The first-order valence-electron chi connectivity index (χ1n) is 5.55. The van der Waals surface area contributed by atoms with Crippen molar-refractivity contribution in [3.8, 4) is 0 Å². The Morgan fingerprint density at radius 3 is 2.71 bits per heavy atom. The van der Waals surface area contributed by atoms with Gasteiger partial charge in [-0.3, -0.25) is 4.68 Å². The number of aromatic nitrogens is 2. The molecule has 3 nitrogen and oxygen atoms in total. The summed E-state index contributed by atoms with van der Waals surface area (Å²) >= 11 is 0. The molecule has 0 saturated carbocycles. The molecule has 0 amide bonds. The Bertz CT molecular complexity index is 531. The molecular formula is C13H16FN3. The molecule has 1 aromatic carbocycles. The molecule has 0 spiro atoms. The maximum atomic E-state index is 13.3. The SMILES string of the molecule is Cc1ccc(NCc2cn(C)nc2C)cc1F. The third-order valence-electron chi connectivity index (χ3n) is 2.77. The summed E-state index contributed by atoms with van der Waals surface area (Å²) in [5, 5.41) is 7.45. The molecule has 0 unspecified atom stereocenters. The first-order chi connectivity index (χ1) is 8.06. The molecule has 1 aromatic heterocycles. The number of benzene rings is 1. The molecule has 0 fully saturated rings. The van der Waals surface area contributed by atoms with Crippen LogP contribution in [0.4, 0.5) is 10.1 Å². The zero-order valence-electron chi connectivity index (χ0n) is 10.3. The lowest BCUT2D eigenvalue weighted by atomic mass is 10.2. The highest BCUT2D eigenvalue weighted by Crippen LogP contribution is 2.15. The highest BCUT2D eigenvalue weighted by atomic mass is 19.1. The van der Waals surface area contributed by atoms with Gasteiger partial charge in [-0.1, -0.05) is 6.07 Å².